The first kappa shape index (κ1) is 17.3. The number of rotatable bonds is 7. The van der Waals surface area contributed by atoms with E-state index in [0.29, 0.717) is 0 Å². The third-order valence-corrected chi connectivity index (χ3v) is 5.65. The SMILES string of the molecule is Cc1ncc(CSSCc2cnc(C)c(CO)c2)cc1CO. The van der Waals surface area contributed by atoms with Gasteiger partial charge in [0.05, 0.1) is 13.2 Å². The minimum atomic E-state index is 0.0312. The van der Waals surface area contributed by atoms with E-state index in [1.54, 1.807) is 21.6 Å². The summed E-state index contributed by atoms with van der Waals surface area (Å²) in [5, 5.41) is 18.5. The summed E-state index contributed by atoms with van der Waals surface area (Å²) in [7, 11) is 3.50. The number of aliphatic hydroxyl groups excluding tert-OH is 2. The molecule has 0 saturated carbocycles. The summed E-state index contributed by atoms with van der Waals surface area (Å²) >= 11 is 0. The Balaban J connectivity index is 1.84. The van der Waals surface area contributed by atoms with Crippen LogP contribution in [0.25, 0.3) is 0 Å². The standard InChI is InChI=1S/C16H20N2O2S2/c1-11-15(7-19)3-13(5-17-11)9-21-22-10-14-4-16(8-20)12(2)18-6-14/h3-6,19-20H,7-10H2,1-2H3. The molecule has 0 unspecified atom stereocenters. The molecule has 0 aliphatic heterocycles. The van der Waals surface area contributed by atoms with E-state index in [-0.39, 0.29) is 13.2 Å². The highest BCUT2D eigenvalue weighted by atomic mass is 33.1. The first-order chi connectivity index (χ1) is 10.6. The van der Waals surface area contributed by atoms with Crippen molar-refractivity contribution in [3.8, 4) is 0 Å². The third-order valence-electron chi connectivity index (χ3n) is 3.37. The second kappa shape index (κ2) is 8.53. The maximum absolute atomic E-state index is 9.26. The Morgan fingerprint density at radius 3 is 1.59 bits per heavy atom. The number of aliphatic hydroxyl groups is 2. The normalized spacial score (nSPS) is 10.9. The molecule has 6 heteroatoms. The summed E-state index contributed by atoms with van der Waals surface area (Å²) in [5.41, 5.74) is 5.77. The summed E-state index contributed by atoms with van der Waals surface area (Å²) in [6.45, 7) is 3.87. The number of nitrogens with zero attached hydrogens (tertiary/aromatic N) is 2. The van der Waals surface area contributed by atoms with Gasteiger partial charge in [0.2, 0.25) is 0 Å². The molecule has 0 amide bonds. The summed E-state index contributed by atoms with van der Waals surface area (Å²) in [5.74, 6) is 1.69. The van der Waals surface area contributed by atoms with E-state index >= 15 is 0 Å². The number of pyridine rings is 2. The molecule has 0 spiro atoms. The Morgan fingerprint density at radius 2 is 1.23 bits per heavy atom. The van der Waals surface area contributed by atoms with Crippen molar-refractivity contribution in [2.75, 3.05) is 0 Å². The number of hydrogen-bond acceptors (Lipinski definition) is 6. The highest BCUT2D eigenvalue weighted by Crippen LogP contribution is 2.29. The van der Waals surface area contributed by atoms with Crippen molar-refractivity contribution in [2.45, 2.75) is 38.6 Å². The van der Waals surface area contributed by atoms with Crippen LogP contribution in [0.2, 0.25) is 0 Å². The van der Waals surface area contributed by atoms with Crippen LogP contribution < -0.4 is 0 Å². The second-order valence-corrected chi connectivity index (χ2v) is 7.48. The molecule has 0 fully saturated rings. The molecule has 118 valence electrons. The van der Waals surface area contributed by atoms with Crippen molar-refractivity contribution < 1.29 is 10.2 Å². The number of hydrogen-bond donors (Lipinski definition) is 2. The summed E-state index contributed by atoms with van der Waals surface area (Å²) in [4.78, 5) is 8.60. The van der Waals surface area contributed by atoms with E-state index in [4.69, 9.17) is 0 Å². The van der Waals surface area contributed by atoms with E-state index in [0.717, 1.165) is 45.1 Å². The molecule has 0 bridgehead atoms. The molecule has 4 nitrogen and oxygen atoms in total. The summed E-state index contributed by atoms with van der Waals surface area (Å²) in [6.07, 6.45) is 3.72. The van der Waals surface area contributed by atoms with Gasteiger partial charge in [0.25, 0.3) is 0 Å². The number of aryl methyl sites for hydroxylation is 2. The Morgan fingerprint density at radius 1 is 0.818 bits per heavy atom. The first-order valence-corrected chi connectivity index (χ1v) is 9.47. The topological polar surface area (TPSA) is 66.2 Å². The molecule has 0 saturated heterocycles. The van der Waals surface area contributed by atoms with Crippen LogP contribution in [0.5, 0.6) is 0 Å². The molecule has 2 N–H and O–H groups in total. The van der Waals surface area contributed by atoms with E-state index < -0.39 is 0 Å². The van der Waals surface area contributed by atoms with Crippen molar-refractivity contribution in [1.82, 2.24) is 9.97 Å². The van der Waals surface area contributed by atoms with E-state index in [1.165, 1.54) is 0 Å². The average molecular weight is 336 g/mol. The second-order valence-electron chi connectivity index (χ2n) is 5.02. The van der Waals surface area contributed by atoms with E-state index in [2.05, 4.69) is 9.97 Å². The van der Waals surface area contributed by atoms with Crippen LogP contribution in [0.15, 0.2) is 24.5 Å². The fourth-order valence-electron chi connectivity index (χ4n) is 1.95. The van der Waals surface area contributed by atoms with Crippen LogP contribution in [-0.2, 0) is 24.7 Å². The fourth-order valence-corrected chi connectivity index (χ4v) is 4.02. The molecular weight excluding hydrogens is 316 g/mol. The van der Waals surface area contributed by atoms with Gasteiger partial charge in [0.15, 0.2) is 0 Å². The quantitative estimate of drug-likeness (QED) is 0.598. The van der Waals surface area contributed by atoms with Crippen LogP contribution in [0.1, 0.15) is 33.6 Å². The van der Waals surface area contributed by atoms with Crippen molar-refractivity contribution in [3.05, 3.63) is 58.2 Å². The molecule has 0 aliphatic rings. The third kappa shape index (κ3) is 4.71. The predicted octanol–water partition coefficient (Wildman–Crippen LogP) is 3.16. The lowest BCUT2D eigenvalue weighted by Crippen LogP contribution is -1.95. The zero-order chi connectivity index (χ0) is 15.9. The highest BCUT2D eigenvalue weighted by molar-refractivity contribution is 8.76. The van der Waals surface area contributed by atoms with E-state index in [9.17, 15) is 10.2 Å². The maximum Gasteiger partial charge on any atom is 0.0699 e. The molecule has 2 heterocycles. The zero-order valence-corrected chi connectivity index (χ0v) is 14.4. The van der Waals surface area contributed by atoms with Gasteiger partial charge in [-0.05, 0) is 48.2 Å². The predicted molar refractivity (Wildman–Crippen MR) is 92.4 cm³/mol. The molecule has 0 aromatic carbocycles. The Labute approximate surface area is 138 Å². The van der Waals surface area contributed by atoms with Gasteiger partial charge < -0.3 is 10.2 Å². The monoisotopic (exact) mass is 336 g/mol. The fraction of sp³-hybridized carbons (Fsp3) is 0.375. The molecular formula is C16H20N2O2S2. The summed E-state index contributed by atoms with van der Waals surface area (Å²) in [6, 6.07) is 4.01. The zero-order valence-electron chi connectivity index (χ0n) is 12.7. The van der Waals surface area contributed by atoms with Gasteiger partial charge in [-0.3, -0.25) is 9.97 Å². The molecule has 0 atom stereocenters. The number of aromatic nitrogens is 2. The van der Waals surface area contributed by atoms with Crippen LogP contribution in [0, 0.1) is 13.8 Å². The minimum absolute atomic E-state index is 0.0312. The lowest BCUT2D eigenvalue weighted by Gasteiger charge is -2.07. The molecule has 22 heavy (non-hydrogen) atoms. The molecule has 2 aromatic heterocycles. The van der Waals surface area contributed by atoms with Gasteiger partial charge in [-0.25, -0.2) is 0 Å². The van der Waals surface area contributed by atoms with Gasteiger partial charge in [0, 0.05) is 35.3 Å². The van der Waals surface area contributed by atoms with Gasteiger partial charge in [-0.15, -0.1) is 0 Å². The van der Waals surface area contributed by atoms with Crippen molar-refractivity contribution >= 4 is 21.6 Å². The van der Waals surface area contributed by atoms with Crippen molar-refractivity contribution in [1.29, 1.82) is 0 Å². The van der Waals surface area contributed by atoms with Gasteiger partial charge in [-0.2, -0.15) is 0 Å². The van der Waals surface area contributed by atoms with Gasteiger partial charge >= 0.3 is 0 Å². The largest absolute Gasteiger partial charge is 0.392 e. The van der Waals surface area contributed by atoms with Crippen LogP contribution >= 0.6 is 21.6 Å². The maximum atomic E-state index is 9.26. The Bertz CT molecular complexity index is 580. The first-order valence-electron chi connectivity index (χ1n) is 6.99. The minimum Gasteiger partial charge on any atom is -0.392 e. The Hall–Kier alpha value is -1.08. The molecule has 2 aromatic rings. The van der Waals surface area contributed by atoms with Crippen LogP contribution in [-0.4, -0.2) is 20.2 Å². The van der Waals surface area contributed by atoms with E-state index in [1.807, 2.05) is 38.4 Å². The van der Waals surface area contributed by atoms with Gasteiger partial charge in [-0.1, -0.05) is 21.6 Å². The lowest BCUT2D eigenvalue weighted by atomic mass is 10.2. The molecule has 0 aliphatic carbocycles. The van der Waals surface area contributed by atoms with Crippen molar-refractivity contribution in [3.63, 3.8) is 0 Å². The molecule has 2 rings (SSSR count). The molecule has 0 radical (unpaired) electrons. The lowest BCUT2D eigenvalue weighted by molar-refractivity contribution is 0.280. The average Bonchev–Trinajstić information content (AvgIpc) is 2.54. The smallest absolute Gasteiger partial charge is 0.0699 e. The van der Waals surface area contributed by atoms with Gasteiger partial charge in [0.1, 0.15) is 0 Å². The summed E-state index contributed by atoms with van der Waals surface area (Å²) < 4.78 is 0. The highest BCUT2D eigenvalue weighted by Gasteiger charge is 2.04. The Kier molecular flexibility index (Phi) is 6.70. The van der Waals surface area contributed by atoms with Crippen LogP contribution in [0.4, 0.5) is 0 Å². The van der Waals surface area contributed by atoms with Crippen LogP contribution in [0.3, 0.4) is 0 Å². The van der Waals surface area contributed by atoms with Crippen molar-refractivity contribution in [2.24, 2.45) is 0 Å².